The van der Waals surface area contributed by atoms with Crippen molar-refractivity contribution >= 4 is 44.2 Å². The fourth-order valence-electron chi connectivity index (χ4n) is 3.70. The topological polar surface area (TPSA) is 64.1 Å². The average molecular weight is 446 g/mol. The monoisotopic (exact) mass is 445 g/mol. The fourth-order valence-corrected chi connectivity index (χ4v) is 5.01. The van der Waals surface area contributed by atoms with E-state index in [4.69, 9.17) is 30.8 Å². The Balaban J connectivity index is 1.26. The number of carbonyl (C=O) groups excluding carboxylic acids is 1. The quantitative estimate of drug-likeness (QED) is 0.615. The molecule has 1 amide bonds. The first kappa shape index (κ1) is 19.3. The summed E-state index contributed by atoms with van der Waals surface area (Å²) in [5, 5.41) is 1.55. The molecule has 0 saturated carbocycles. The lowest BCUT2D eigenvalue weighted by atomic mass is 10.2. The normalized spacial score (nSPS) is 18.5. The van der Waals surface area contributed by atoms with Crippen LogP contribution in [0.2, 0.25) is 5.02 Å². The molecule has 156 valence electrons. The number of rotatable bonds is 3. The minimum absolute atomic E-state index is 0.0434. The Morgan fingerprint density at radius 3 is 2.70 bits per heavy atom. The van der Waals surface area contributed by atoms with Gasteiger partial charge in [-0.25, -0.2) is 4.98 Å². The third kappa shape index (κ3) is 3.40. The number of amides is 1. The number of thiazole rings is 1. The van der Waals surface area contributed by atoms with Crippen LogP contribution in [0.5, 0.6) is 17.2 Å². The molecule has 2 aromatic carbocycles. The molecule has 2 aliphatic rings. The highest BCUT2D eigenvalue weighted by Gasteiger charge is 2.33. The van der Waals surface area contributed by atoms with Gasteiger partial charge in [0.05, 0.1) is 16.8 Å². The van der Waals surface area contributed by atoms with Crippen molar-refractivity contribution in [2.75, 3.05) is 44.8 Å². The number of ether oxygens (including phenoxy) is 3. The number of hydrogen-bond donors (Lipinski definition) is 0. The van der Waals surface area contributed by atoms with Crippen LogP contribution in [0, 0.1) is 0 Å². The van der Waals surface area contributed by atoms with Crippen molar-refractivity contribution in [3.05, 3.63) is 41.4 Å². The van der Waals surface area contributed by atoms with Crippen LogP contribution in [-0.4, -0.2) is 61.8 Å². The first-order valence-electron chi connectivity index (χ1n) is 9.69. The number of anilines is 1. The van der Waals surface area contributed by atoms with E-state index in [-0.39, 0.29) is 12.5 Å². The summed E-state index contributed by atoms with van der Waals surface area (Å²) in [6.07, 6.45) is -0.614. The maximum absolute atomic E-state index is 12.9. The number of aromatic nitrogens is 1. The Morgan fingerprint density at radius 1 is 1.17 bits per heavy atom. The molecule has 2 aliphatic heterocycles. The van der Waals surface area contributed by atoms with Crippen molar-refractivity contribution in [3.8, 4) is 17.2 Å². The largest absolute Gasteiger partial charge is 0.494 e. The second-order valence-corrected chi connectivity index (χ2v) is 8.49. The lowest BCUT2D eigenvalue weighted by molar-refractivity contribution is -0.141. The molecule has 0 aliphatic carbocycles. The molecular formula is C21H20ClN3O4S. The minimum atomic E-state index is -0.614. The summed E-state index contributed by atoms with van der Waals surface area (Å²) in [6.45, 7) is 2.81. The van der Waals surface area contributed by atoms with E-state index in [2.05, 4.69) is 4.90 Å². The highest BCUT2D eigenvalue weighted by atomic mass is 35.5. The van der Waals surface area contributed by atoms with E-state index >= 15 is 0 Å². The summed E-state index contributed by atoms with van der Waals surface area (Å²) >= 11 is 7.89. The van der Waals surface area contributed by atoms with Gasteiger partial charge >= 0.3 is 0 Å². The van der Waals surface area contributed by atoms with Gasteiger partial charge in [0, 0.05) is 26.2 Å². The van der Waals surface area contributed by atoms with E-state index in [1.165, 1.54) is 0 Å². The molecule has 1 aromatic heterocycles. The molecule has 7 nitrogen and oxygen atoms in total. The van der Waals surface area contributed by atoms with E-state index < -0.39 is 6.10 Å². The fraction of sp³-hybridized carbons (Fsp3) is 0.333. The van der Waals surface area contributed by atoms with Crippen LogP contribution in [0.3, 0.4) is 0 Å². The van der Waals surface area contributed by atoms with Crippen LogP contribution >= 0.6 is 22.9 Å². The van der Waals surface area contributed by atoms with Gasteiger partial charge in [0.15, 0.2) is 16.6 Å². The molecule has 1 atom stereocenters. The molecule has 1 fully saturated rings. The van der Waals surface area contributed by atoms with Crippen LogP contribution < -0.4 is 19.1 Å². The summed E-state index contributed by atoms with van der Waals surface area (Å²) in [4.78, 5) is 21.7. The number of hydrogen-bond acceptors (Lipinski definition) is 7. The summed E-state index contributed by atoms with van der Waals surface area (Å²) in [5.41, 5.74) is 0.773. The Kier molecular flexibility index (Phi) is 5.04. The van der Waals surface area contributed by atoms with Crippen molar-refractivity contribution in [1.29, 1.82) is 0 Å². The van der Waals surface area contributed by atoms with Gasteiger partial charge in [0.1, 0.15) is 17.9 Å². The molecule has 0 radical (unpaired) electrons. The standard InChI is InChI=1S/C21H20ClN3O4S/c1-27-16-7-6-13(22)19-18(16)23-21(30-19)25-10-8-24(9-11-25)20(26)17-12-28-14-4-2-3-5-15(14)29-17/h2-7,17H,8-12H2,1H3/t17-/m0/s1. The molecule has 30 heavy (non-hydrogen) atoms. The van der Waals surface area contributed by atoms with Gasteiger partial charge in [-0.3, -0.25) is 4.79 Å². The highest BCUT2D eigenvalue weighted by molar-refractivity contribution is 7.22. The zero-order chi connectivity index (χ0) is 20.7. The van der Waals surface area contributed by atoms with Crippen LogP contribution in [0.1, 0.15) is 0 Å². The average Bonchev–Trinajstić information content (AvgIpc) is 3.25. The van der Waals surface area contributed by atoms with Crippen LogP contribution in [0.25, 0.3) is 10.2 Å². The Hall–Kier alpha value is -2.71. The SMILES string of the molecule is COc1ccc(Cl)c2sc(N3CCN(C(=O)[C@@H]4COc5ccccc5O4)CC3)nc12. The van der Waals surface area contributed by atoms with Gasteiger partial charge in [0.25, 0.3) is 5.91 Å². The van der Waals surface area contributed by atoms with Crippen molar-refractivity contribution in [2.45, 2.75) is 6.10 Å². The molecule has 5 rings (SSSR count). The first-order valence-corrected chi connectivity index (χ1v) is 10.9. The molecule has 1 saturated heterocycles. The highest BCUT2D eigenvalue weighted by Crippen LogP contribution is 2.39. The molecule has 0 spiro atoms. The lowest BCUT2D eigenvalue weighted by Crippen LogP contribution is -2.54. The maximum Gasteiger partial charge on any atom is 0.267 e. The number of para-hydroxylation sites is 2. The zero-order valence-electron chi connectivity index (χ0n) is 16.3. The van der Waals surface area contributed by atoms with E-state index in [0.29, 0.717) is 48.5 Å². The number of piperazine rings is 1. The Morgan fingerprint density at radius 2 is 1.93 bits per heavy atom. The summed E-state index contributed by atoms with van der Waals surface area (Å²) < 4.78 is 17.9. The third-order valence-corrected chi connectivity index (χ3v) is 6.89. The van der Waals surface area contributed by atoms with E-state index in [9.17, 15) is 4.79 Å². The maximum atomic E-state index is 12.9. The number of halogens is 1. The van der Waals surface area contributed by atoms with Crippen molar-refractivity contribution in [3.63, 3.8) is 0 Å². The van der Waals surface area contributed by atoms with Gasteiger partial charge in [0.2, 0.25) is 6.10 Å². The van der Waals surface area contributed by atoms with Crippen LogP contribution in [0.4, 0.5) is 5.13 Å². The number of methoxy groups -OCH3 is 1. The van der Waals surface area contributed by atoms with Gasteiger partial charge in [-0.2, -0.15) is 0 Å². The second kappa shape index (κ2) is 7.85. The molecule has 3 aromatic rings. The van der Waals surface area contributed by atoms with Crippen LogP contribution in [-0.2, 0) is 4.79 Å². The predicted octanol–water partition coefficient (Wildman–Crippen LogP) is 3.45. The van der Waals surface area contributed by atoms with Crippen molar-refractivity contribution < 1.29 is 19.0 Å². The summed E-state index contributed by atoms with van der Waals surface area (Å²) in [5.74, 6) is 1.95. The molecule has 9 heteroatoms. The van der Waals surface area contributed by atoms with Crippen molar-refractivity contribution in [1.82, 2.24) is 9.88 Å². The molecule has 0 unspecified atom stereocenters. The molecular weight excluding hydrogens is 426 g/mol. The molecule has 3 heterocycles. The van der Waals surface area contributed by atoms with Gasteiger partial charge in [-0.1, -0.05) is 35.1 Å². The number of benzene rings is 2. The molecule has 0 N–H and O–H groups in total. The van der Waals surface area contributed by atoms with Gasteiger partial charge in [-0.05, 0) is 24.3 Å². The zero-order valence-corrected chi connectivity index (χ0v) is 17.9. The summed E-state index contributed by atoms with van der Waals surface area (Å²) in [6, 6.07) is 11.1. The number of fused-ring (bicyclic) bond motifs is 2. The van der Waals surface area contributed by atoms with Crippen LogP contribution in [0.15, 0.2) is 36.4 Å². The van der Waals surface area contributed by atoms with Gasteiger partial charge < -0.3 is 24.0 Å². The third-order valence-electron chi connectivity index (χ3n) is 5.31. The van der Waals surface area contributed by atoms with Crippen molar-refractivity contribution in [2.24, 2.45) is 0 Å². The minimum Gasteiger partial charge on any atom is -0.494 e. The Bertz CT molecular complexity index is 1100. The lowest BCUT2D eigenvalue weighted by Gasteiger charge is -2.37. The van der Waals surface area contributed by atoms with Gasteiger partial charge in [-0.15, -0.1) is 0 Å². The summed E-state index contributed by atoms with van der Waals surface area (Å²) in [7, 11) is 1.63. The van der Waals surface area contributed by atoms with E-state index in [1.807, 2.05) is 41.3 Å². The number of carbonyl (C=O) groups is 1. The first-order chi connectivity index (χ1) is 14.6. The smallest absolute Gasteiger partial charge is 0.267 e. The number of nitrogens with zero attached hydrogens (tertiary/aromatic N) is 3. The second-order valence-electron chi connectivity index (χ2n) is 7.10. The molecule has 0 bridgehead atoms. The Labute approximate surface area is 182 Å². The predicted molar refractivity (Wildman–Crippen MR) is 116 cm³/mol. The van der Waals surface area contributed by atoms with E-state index in [0.717, 1.165) is 15.3 Å². The van der Waals surface area contributed by atoms with E-state index in [1.54, 1.807) is 18.4 Å².